The van der Waals surface area contributed by atoms with E-state index in [9.17, 15) is 19.8 Å². The van der Waals surface area contributed by atoms with Crippen LogP contribution in [0.1, 0.15) is 35.6 Å². The van der Waals surface area contributed by atoms with Gasteiger partial charge in [-0.2, -0.15) is 0 Å². The van der Waals surface area contributed by atoms with Gasteiger partial charge in [0.25, 0.3) is 5.56 Å². The highest BCUT2D eigenvalue weighted by molar-refractivity contribution is 6.02. The van der Waals surface area contributed by atoms with Gasteiger partial charge in [-0.15, -0.1) is 0 Å². The predicted octanol–water partition coefficient (Wildman–Crippen LogP) is 1.77. The van der Waals surface area contributed by atoms with Crippen LogP contribution in [0, 0.1) is 0 Å². The van der Waals surface area contributed by atoms with Crippen LogP contribution >= 0.6 is 0 Å². The maximum Gasteiger partial charge on any atom is 0.343 e. The second-order valence-electron chi connectivity index (χ2n) is 7.57. The Balaban J connectivity index is 1.83. The fourth-order valence-electron chi connectivity index (χ4n) is 4.35. The Labute approximate surface area is 176 Å². The first-order valence-corrected chi connectivity index (χ1v) is 9.78. The van der Waals surface area contributed by atoms with Crippen molar-refractivity contribution in [1.82, 2.24) is 9.55 Å². The van der Waals surface area contributed by atoms with Gasteiger partial charge in [0, 0.05) is 22.1 Å². The number of nitrogens with zero attached hydrogens (tertiary/aromatic N) is 3. The van der Waals surface area contributed by atoms with Crippen molar-refractivity contribution in [3.05, 3.63) is 56.9 Å². The lowest BCUT2D eigenvalue weighted by atomic mass is 9.86. The lowest BCUT2D eigenvalue weighted by Crippen LogP contribution is -2.44. The first kappa shape index (κ1) is 19.3. The summed E-state index contributed by atoms with van der Waals surface area (Å²) in [6.07, 6.45) is 1.60. The van der Waals surface area contributed by atoms with E-state index in [-0.39, 0.29) is 42.0 Å². The number of hydrogen-bond donors (Lipinski definition) is 2. The van der Waals surface area contributed by atoms with E-state index in [1.165, 1.54) is 19.4 Å². The molecule has 0 saturated heterocycles. The summed E-state index contributed by atoms with van der Waals surface area (Å²) in [6.45, 7) is 1.69. The molecule has 1 atom stereocenters. The molecule has 0 fully saturated rings. The van der Waals surface area contributed by atoms with Gasteiger partial charge in [-0.05, 0) is 30.7 Å². The Bertz CT molecular complexity index is 1360. The van der Waals surface area contributed by atoms with Gasteiger partial charge < -0.3 is 24.4 Å². The molecule has 31 heavy (non-hydrogen) atoms. The zero-order valence-electron chi connectivity index (χ0n) is 16.9. The Hall–Kier alpha value is -3.72. The largest absolute Gasteiger partial charge is 0.508 e. The lowest BCUT2D eigenvalue weighted by Gasteiger charge is -2.31. The Morgan fingerprint density at radius 3 is 2.87 bits per heavy atom. The van der Waals surface area contributed by atoms with Gasteiger partial charge in [-0.3, -0.25) is 4.79 Å². The minimum atomic E-state index is -1.88. The smallest absolute Gasteiger partial charge is 0.343 e. The van der Waals surface area contributed by atoms with E-state index >= 15 is 0 Å². The van der Waals surface area contributed by atoms with Crippen LogP contribution in [-0.4, -0.2) is 39.1 Å². The van der Waals surface area contributed by atoms with Gasteiger partial charge in [0.1, 0.15) is 19.5 Å². The summed E-state index contributed by atoms with van der Waals surface area (Å²) >= 11 is 0. The molecule has 9 nitrogen and oxygen atoms in total. The predicted molar refractivity (Wildman–Crippen MR) is 111 cm³/mol. The van der Waals surface area contributed by atoms with E-state index in [2.05, 4.69) is 5.16 Å². The maximum absolute atomic E-state index is 13.3. The fraction of sp³-hybridized carbons (Fsp3) is 0.273. The molecule has 5 rings (SSSR count). The number of aromatic nitrogens is 2. The highest BCUT2D eigenvalue weighted by Gasteiger charge is 2.45. The quantitative estimate of drug-likeness (QED) is 0.294. The lowest BCUT2D eigenvalue weighted by molar-refractivity contribution is -0.172. The Morgan fingerprint density at radius 1 is 1.32 bits per heavy atom. The van der Waals surface area contributed by atoms with Crippen molar-refractivity contribution in [2.45, 2.75) is 32.1 Å². The minimum absolute atomic E-state index is 0.0742. The van der Waals surface area contributed by atoms with Crippen LogP contribution in [0.3, 0.4) is 0 Å². The zero-order valence-corrected chi connectivity index (χ0v) is 16.9. The number of rotatable bonds is 3. The number of phenolic OH excluding ortho intramolecular Hbond substituents is 1. The summed E-state index contributed by atoms with van der Waals surface area (Å²) in [6, 6.07) is 6.44. The molecule has 0 amide bonds. The van der Waals surface area contributed by atoms with Crippen LogP contribution in [0.25, 0.3) is 22.3 Å². The average molecular weight is 421 g/mol. The summed E-state index contributed by atoms with van der Waals surface area (Å²) in [7, 11) is 1.42. The number of aromatic hydroxyl groups is 1. The Morgan fingerprint density at radius 2 is 2.13 bits per heavy atom. The third-order valence-electron chi connectivity index (χ3n) is 6.00. The molecule has 0 radical (unpaired) electrons. The second-order valence-corrected chi connectivity index (χ2v) is 7.57. The monoisotopic (exact) mass is 421 g/mol. The highest BCUT2D eigenvalue weighted by atomic mass is 16.6. The van der Waals surface area contributed by atoms with E-state index in [1.54, 1.807) is 29.7 Å². The molecular weight excluding hydrogens is 402 g/mol. The van der Waals surface area contributed by atoms with E-state index in [1.807, 2.05) is 0 Å². The zero-order chi connectivity index (χ0) is 21.9. The van der Waals surface area contributed by atoms with Gasteiger partial charge >= 0.3 is 5.97 Å². The molecule has 2 aromatic heterocycles. The minimum Gasteiger partial charge on any atom is -0.508 e. The van der Waals surface area contributed by atoms with Crippen molar-refractivity contribution in [3.8, 4) is 17.1 Å². The molecule has 9 heteroatoms. The third kappa shape index (κ3) is 2.59. The molecule has 0 saturated carbocycles. The summed E-state index contributed by atoms with van der Waals surface area (Å²) in [4.78, 5) is 35.2. The molecule has 0 aliphatic carbocycles. The number of ether oxygens (including phenoxy) is 1. The van der Waals surface area contributed by atoms with Crippen LogP contribution < -0.4 is 5.56 Å². The van der Waals surface area contributed by atoms with E-state index in [4.69, 9.17) is 14.6 Å². The molecule has 4 heterocycles. The van der Waals surface area contributed by atoms with E-state index < -0.39 is 11.6 Å². The molecule has 158 valence electrons. The molecular formula is C22H19N3O6. The molecule has 0 unspecified atom stereocenters. The second kappa shape index (κ2) is 6.64. The van der Waals surface area contributed by atoms with Gasteiger partial charge in [0.15, 0.2) is 5.60 Å². The van der Waals surface area contributed by atoms with E-state index in [0.717, 1.165) is 5.56 Å². The SMILES string of the molecule is CC[C@@]1(O)C(=O)OCc2c1cc1n(c2=O)Cc2c-1nc1ccc(O)cc1c2C=NOC. The number of oxime groups is 1. The number of carbonyl (C=O) groups excluding carboxylic acids is 1. The number of pyridine rings is 2. The Kier molecular flexibility index (Phi) is 4.13. The molecule has 2 aliphatic rings. The number of phenols is 1. The molecule has 2 aliphatic heterocycles. The van der Waals surface area contributed by atoms with Gasteiger partial charge in [-0.1, -0.05) is 12.1 Å². The van der Waals surface area contributed by atoms with Crippen molar-refractivity contribution >= 4 is 23.1 Å². The van der Waals surface area contributed by atoms with Crippen molar-refractivity contribution in [3.63, 3.8) is 0 Å². The molecule has 3 aromatic rings. The number of cyclic esters (lactones) is 1. The molecule has 1 aromatic carbocycles. The normalized spacial score (nSPS) is 19.3. The first-order chi connectivity index (χ1) is 14.9. The first-order valence-electron chi connectivity index (χ1n) is 9.78. The van der Waals surface area contributed by atoms with E-state index in [0.29, 0.717) is 27.9 Å². The number of aliphatic hydroxyl groups is 1. The standard InChI is InChI=1S/C22H19N3O6/c1-3-22(29)16-7-18-19-14(9-25(18)20(27)15(16)10-31-21(22)28)13(8-23-30-2)12-6-11(26)4-5-17(12)24-19/h4-8,26,29H,3,9-10H2,1-2H3/t22-/m0/s1. The third-order valence-corrected chi connectivity index (χ3v) is 6.00. The summed E-state index contributed by atoms with van der Waals surface area (Å²) in [5, 5.41) is 25.5. The van der Waals surface area contributed by atoms with Crippen LogP contribution in [0.15, 0.2) is 34.2 Å². The van der Waals surface area contributed by atoms with Crippen LogP contribution in [-0.2, 0) is 33.1 Å². The number of benzene rings is 1. The molecule has 2 N–H and O–H groups in total. The van der Waals surface area contributed by atoms with Gasteiger partial charge in [0.05, 0.1) is 35.2 Å². The van der Waals surface area contributed by atoms with Crippen molar-refractivity contribution < 1.29 is 24.6 Å². The number of hydrogen-bond acceptors (Lipinski definition) is 8. The van der Waals surface area contributed by atoms with Crippen molar-refractivity contribution in [2.24, 2.45) is 5.16 Å². The van der Waals surface area contributed by atoms with Crippen molar-refractivity contribution in [1.29, 1.82) is 0 Å². The topological polar surface area (TPSA) is 123 Å². The number of esters is 1. The van der Waals surface area contributed by atoms with Crippen LogP contribution in [0.2, 0.25) is 0 Å². The average Bonchev–Trinajstić information content (AvgIpc) is 3.13. The number of fused-ring (bicyclic) bond motifs is 5. The van der Waals surface area contributed by atoms with Crippen molar-refractivity contribution in [2.75, 3.05) is 7.11 Å². The molecule has 0 spiro atoms. The van der Waals surface area contributed by atoms with Crippen LogP contribution in [0.4, 0.5) is 0 Å². The summed E-state index contributed by atoms with van der Waals surface area (Å²) < 4.78 is 6.65. The highest BCUT2D eigenvalue weighted by Crippen LogP contribution is 2.40. The van der Waals surface area contributed by atoms with Crippen LogP contribution in [0.5, 0.6) is 5.75 Å². The van der Waals surface area contributed by atoms with Gasteiger partial charge in [0.2, 0.25) is 0 Å². The van der Waals surface area contributed by atoms with Gasteiger partial charge in [-0.25, -0.2) is 9.78 Å². The number of carbonyl (C=O) groups is 1. The molecule has 0 bridgehead atoms. The summed E-state index contributed by atoms with van der Waals surface area (Å²) in [5.74, 6) is -0.687. The summed E-state index contributed by atoms with van der Waals surface area (Å²) in [5.41, 5.74) is 1.33. The fourth-order valence-corrected chi connectivity index (χ4v) is 4.35. The maximum atomic E-state index is 13.3.